The molecule has 0 bridgehead atoms. The van der Waals surface area contributed by atoms with Gasteiger partial charge in [0.2, 0.25) is 0 Å². The fourth-order valence-corrected chi connectivity index (χ4v) is 0.931. The van der Waals surface area contributed by atoms with Crippen LogP contribution in [0.1, 0.15) is 6.92 Å². The van der Waals surface area contributed by atoms with Crippen LogP contribution in [-0.4, -0.2) is 17.6 Å². The maximum absolute atomic E-state index is 10.5. The molecule has 1 unspecified atom stereocenters. The number of carboxylic acids is 1. The van der Waals surface area contributed by atoms with E-state index in [2.05, 4.69) is 5.32 Å². The summed E-state index contributed by atoms with van der Waals surface area (Å²) < 4.78 is 0. The van der Waals surface area contributed by atoms with E-state index in [4.69, 9.17) is 5.11 Å². The van der Waals surface area contributed by atoms with E-state index in [0.717, 1.165) is 5.57 Å². The molecule has 1 heterocycles. The van der Waals surface area contributed by atoms with E-state index in [1.54, 1.807) is 13.1 Å². The standard InChI is InChI=1S/C8H11NO2/c1-6(8(10)11)7-3-2-4-9-5-7/h2-4,6,9H,5H2,1H3,(H,10,11). The van der Waals surface area contributed by atoms with Crippen molar-refractivity contribution in [1.29, 1.82) is 0 Å². The van der Waals surface area contributed by atoms with Gasteiger partial charge in [-0.05, 0) is 24.8 Å². The SMILES string of the molecule is CC(C(=O)O)C1=CC=CNC1. The summed E-state index contributed by atoms with van der Waals surface area (Å²) in [5.74, 6) is -1.15. The minimum atomic E-state index is -0.770. The minimum Gasteiger partial charge on any atom is -0.481 e. The maximum Gasteiger partial charge on any atom is 0.310 e. The quantitative estimate of drug-likeness (QED) is 0.615. The Hall–Kier alpha value is -1.25. The molecule has 0 aliphatic carbocycles. The average molecular weight is 153 g/mol. The molecule has 1 aliphatic rings. The molecule has 60 valence electrons. The summed E-state index contributed by atoms with van der Waals surface area (Å²) in [6, 6.07) is 0. The molecule has 3 heteroatoms. The Kier molecular flexibility index (Phi) is 2.31. The van der Waals surface area contributed by atoms with Crippen LogP contribution in [0.25, 0.3) is 0 Å². The highest BCUT2D eigenvalue weighted by Crippen LogP contribution is 2.11. The van der Waals surface area contributed by atoms with Gasteiger partial charge in [-0.3, -0.25) is 4.79 Å². The normalized spacial score (nSPS) is 18.5. The summed E-state index contributed by atoms with van der Waals surface area (Å²) in [6.07, 6.45) is 5.46. The lowest BCUT2D eigenvalue weighted by molar-refractivity contribution is -0.139. The van der Waals surface area contributed by atoms with Crippen molar-refractivity contribution in [3.63, 3.8) is 0 Å². The van der Waals surface area contributed by atoms with Crippen molar-refractivity contribution in [3.8, 4) is 0 Å². The number of hydrogen-bond donors (Lipinski definition) is 2. The fourth-order valence-electron chi connectivity index (χ4n) is 0.931. The van der Waals surface area contributed by atoms with Crippen LogP contribution in [0.2, 0.25) is 0 Å². The van der Waals surface area contributed by atoms with Gasteiger partial charge in [0.05, 0.1) is 5.92 Å². The predicted octanol–water partition coefficient (Wildman–Crippen LogP) is 0.750. The zero-order valence-corrected chi connectivity index (χ0v) is 6.37. The molecule has 3 nitrogen and oxygen atoms in total. The lowest BCUT2D eigenvalue weighted by atomic mass is 10.00. The van der Waals surface area contributed by atoms with Gasteiger partial charge in [0.25, 0.3) is 0 Å². The van der Waals surface area contributed by atoms with Crippen LogP contribution in [0, 0.1) is 5.92 Å². The van der Waals surface area contributed by atoms with Gasteiger partial charge in [0, 0.05) is 6.54 Å². The molecule has 0 aromatic rings. The average Bonchev–Trinajstić information content (AvgIpc) is 2.05. The maximum atomic E-state index is 10.5. The Labute approximate surface area is 65.4 Å². The molecule has 0 saturated heterocycles. The van der Waals surface area contributed by atoms with Crippen molar-refractivity contribution in [2.24, 2.45) is 5.92 Å². The third-order valence-corrected chi connectivity index (χ3v) is 1.76. The molecule has 0 fully saturated rings. The predicted molar refractivity (Wildman–Crippen MR) is 42.0 cm³/mol. The smallest absolute Gasteiger partial charge is 0.310 e. The molecule has 0 radical (unpaired) electrons. The van der Waals surface area contributed by atoms with Gasteiger partial charge < -0.3 is 10.4 Å². The van der Waals surface area contributed by atoms with E-state index in [1.165, 1.54) is 0 Å². The highest BCUT2D eigenvalue weighted by atomic mass is 16.4. The number of aliphatic carboxylic acids is 1. The van der Waals surface area contributed by atoms with Crippen LogP contribution < -0.4 is 5.32 Å². The van der Waals surface area contributed by atoms with E-state index in [-0.39, 0.29) is 5.92 Å². The first-order valence-electron chi connectivity index (χ1n) is 3.53. The first kappa shape index (κ1) is 7.85. The molecule has 0 aromatic heterocycles. The van der Waals surface area contributed by atoms with Crippen molar-refractivity contribution in [1.82, 2.24) is 5.32 Å². The van der Waals surface area contributed by atoms with Crippen molar-refractivity contribution >= 4 is 5.97 Å². The van der Waals surface area contributed by atoms with Crippen molar-refractivity contribution in [2.75, 3.05) is 6.54 Å². The molecule has 1 atom stereocenters. The van der Waals surface area contributed by atoms with Crippen LogP contribution in [-0.2, 0) is 4.79 Å². The zero-order valence-electron chi connectivity index (χ0n) is 6.37. The Balaban J connectivity index is 2.66. The van der Waals surface area contributed by atoms with Crippen LogP contribution >= 0.6 is 0 Å². The number of dihydropyridines is 1. The second kappa shape index (κ2) is 3.23. The lowest BCUT2D eigenvalue weighted by Crippen LogP contribution is -2.22. The molecule has 1 aliphatic heterocycles. The van der Waals surface area contributed by atoms with Crippen molar-refractivity contribution < 1.29 is 9.90 Å². The Morgan fingerprint density at radius 2 is 2.55 bits per heavy atom. The summed E-state index contributed by atoms with van der Waals surface area (Å²) in [4.78, 5) is 10.5. The summed E-state index contributed by atoms with van der Waals surface area (Å²) in [5, 5.41) is 11.6. The van der Waals surface area contributed by atoms with Crippen LogP contribution in [0.4, 0.5) is 0 Å². The van der Waals surface area contributed by atoms with Gasteiger partial charge in [-0.1, -0.05) is 6.08 Å². The van der Waals surface area contributed by atoms with Gasteiger partial charge in [-0.25, -0.2) is 0 Å². The summed E-state index contributed by atoms with van der Waals surface area (Å²) in [6.45, 7) is 2.33. The second-order valence-corrected chi connectivity index (χ2v) is 2.54. The van der Waals surface area contributed by atoms with Crippen LogP contribution in [0.5, 0.6) is 0 Å². The molecule has 0 spiro atoms. The number of hydrogen-bond acceptors (Lipinski definition) is 2. The summed E-state index contributed by atoms with van der Waals surface area (Å²) >= 11 is 0. The Morgan fingerprint density at radius 1 is 1.82 bits per heavy atom. The van der Waals surface area contributed by atoms with Gasteiger partial charge in [-0.15, -0.1) is 0 Å². The number of carbonyl (C=O) groups is 1. The number of rotatable bonds is 2. The fraction of sp³-hybridized carbons (Fsp3) is 0.375. The van der Waals surface area contributed by atoms with E-state index in [1.807, 2.05) is 12.2 Å². The first-order chi connectivity index (χ1) is 5.22. The molecule has 2 N–H and O–H groups in total. The van der Waals surface area contributed by atoms with Gasteiger partial charge in [0.15, 0.2) is 0 Å². The molecule has 0 aromatic carbocycles. The molecular formula is C8H11NO2. The largest absolute Gasteiger partial charge is 0.481 e. The number of allylic oxidation sites excluding steroid dienone is 2. The summed E-state index contributed by atoms with van der Waals surface area (Å²) in [5.41, 5.74) is 0.917. The Morgan fingerprint density at radius 3 is 3.00 bits per heavy atom. The number of carboxylic acid groups (broad SMARTS) is 1. The van der Waals surface area contributed by atoms with Crippen molar-refractivity contribution in [3.05, 3.63) is 23.9 Å². The van der Waals surface area contributed by atoms with Crippen LogP contribution in [0.3, 0.4) is 0 Å². The van der Waals surface area contributed by atoms with E-state index in [0.29, 0.717) is 6.54 Å². The first-order valence-corrected chi connectivity index (χ1v) is 3.53. The van der Waals surface area contributed by atoms with E-state index < -0.39 is 5.97 Å². The molecule has 11 heavy (non-hydrogen) atoms. The Bertz CT molecular complexity index is 218. The van der Waals surface area contributed by atoms with Gasteiger partial charge in [0.1, 0.15) is 0 Å². The van der Waals surface area contributed by atoms with Crippen molar-refractivity contribution in [2.45, 2.75) is 6.92 Å². The number of nitrogens with one attached hydrogen (secondary N) is 1. The lowest BCUT2D eigenvalue weighted by Gasteiger charge is -2.13. The third-order valence-electron chi connectivity index (χ3n) is 1.76. The molecule has 0 saturated carbocycles. The summed E-state index contributed by atoms with van der Waals surface area (Å²) in [7, 11) is 0. The highest BCUT2D eigenvalue weighted by molar-refractivity contribution is 5.73. The van der Waals surface area contributed by atoms with Gasteiger partial charge in [-0.2, -0.15) is 0 Å². The highest BCUT2D eigenvalue weighted by Gasteiger charge is 2.15. The minimum absolute atomic E-state index is 0.382. The second-order valence-electron chi connectivity index (χ2n) is 2.54. The van der Waals surface area contributed by atoms with E-state index in [9.17, 15) is 4.79 Å². The molecular weight excluding hydrogens is 142 g/mol. The molecule has 0 amide bonds. The topological polar surface area (TPSA) is 49.3 Å². The molecule has 1 rings (SSSR count). The van der Waals surface area contributed by atoms with E-state index >= 15 is 0 Å². The van der Waals surface area contributed by atoms with Gasteiger partial charge >= 0.3 is 5.97 Å². The monoisotopic (exact) mass is 153 g/mol. The third kappa shape index (κ3) is 1.83. The zero-order chi connectivity index (χ0) is 8.27. The van der Waals surface area contributed by atoms with Crippen LogP contribution in [0.15, 0.2) is 23.9 Å².